The van der Waals surface area contributed by atoms with Gasteiger partial charge in [-0.1, -0.05) is 19.1 Å². The minimum Gasteiger partial charge on any atom is -0.482 e. The van der Waals surface area contributed by atoms with Gasteiger partial charge in [-0.25, -0.2) is 4.79 Å². The second-order valence-electron chi connectivity index (χ2n) is 3.77. The Labute approximate surface area is 98.6 Å². The number of carbonyl (C=O) groups is 2. The molecule has 0 heterocycles. The first-order valence-electron chi connectivity index (χ1n) is 5.15. The lowest BCUT2D eigenvalue weighted by atomic mass is 10.0. The predicted molar refractivity (Wildman–Crippen MR) is 60.1 cm³/mol. The SMILES string of the molecule is C[C@@H](Cc1ccc(OCC(=O)O)cc1)C(=O)O. The molecule has 5 nitrogen and oxygen atoms in total. The molecule has 1 rings (SSSR count). The molecular weight excluding hydrogens is 224 g/mol. The van der Waals surface area contributed by atoms with Gasteiger partial charge in [0.1, 0.15) is 5.75 Å². The van der Waals surface area contributed by atoms with Crippen LogP contribution in [0.4, 0.5) is 0 Å². The maximum absolute atomic E-state index is 10.7. The molecule has 0 bridgehead atoms. The zero-order valence-electron chi connectivity index (χ0n) is 9.42. The molecule has 0 radical (unpaired) electrons. The average Bonchev–Trinajstić information content (AvgIpc) is 2.28. The van der Waals surface area contributed by atoms with Crippen LogP contribution in [-0.2, 0) is 16.0 Å². The van der Waals surface area contributed by atoms with Crippen molar-refractivity contribution in [3.63, 3.8) is 0 Å². The van der Waals surface area contributed by atoms with Crippen LogP contribution in [-0.4, -0.2) is 28.8 Å². The van der Waals surface area contributed by atoms with Gasteiger partial charge in [-0.05, 0) is 24.1 Å². The van der Waals surface area contributed by atoms with E-state index in [-0.39, 0.29) is 6.61 Å². The first-order chi connectivity index (χ1) is 7.99. The number of carboxylic acid groups (broad SMARTS) is 2. The van der Waals surface area contributed by atoms with Crippen molar-refractivity contribution >= 4 is 11.9 Å². The summed E-state index contributed by atoms with van der Waals surface area (Å²) in [6.45, 7) is 1.25. The summed E-state index contributed by atoms with van der Waals surface area (Å²) in [4.78, 5) is 20.9. The standard InChI is InChI=1S/C12H14O5/c1-8(12(15)16)6-9-2-4-10(5-3-9)17-7-11(13)14/h2-5,8H,6-7H2,1H3,(H,13,14)(H,15,16)/t8-/m0/s1. The van der Waals surface area contributed by atoms with Crippen molar-refractivity contribution in [2.24, 2.45) is 5.92 Å². The molecule has 1 aromatic carbocycles. The normalized spacial score (nSPS) is 11.8. The van der Waals surface area contributed by atoms with Gasteiger partial charge in [0.05, 0.1) is 5.92 Å². The number of benzene rings is 1. The highest BCUT2D eigenvalue weighted by Crippen LogP contribution is 2.15. The molecule has 0 spiro atoms. The van der Waals surface area contributed by atoms with Gasteiger partial charge in [0.25, 0.3) is 0 Å². The van der Waals surface area contributed by atoms with Crippen molar-refractivity contribution < 1.29 is 24.5 Å². The second-order valence-corrected chi connectivity index (χ2v) is 3.77. The van der Waals surface area contributed by atoms with Crippen molar-refractivity contribution in [3.8, 4) is 5.75 Å². The minimum atomic E-state index is -1.03. The Balaban J connectivity index is 2.55. The molecule has 1 atom stereocenters. The molecule has 1 aromatic rings. The topological polar surface area (TPSA) is 83.8 Å². The highest BCUT2D eigenvalue weighted by atomic mass is 16.5. The summed E-state index contributed by atoms with van der Waals surface area (Å²) in [6.07, 6.45) is 0.439. The molecule has 17 heavy (non-hydrogen) atoms. The van der Waals surface area contributed by atoms with Crippen molar-refractivity contribution in [1.29, 1.82) is 0 Å². The number of carboxylic acids is 2. The highest BCUT2D eigenvalue weighted by Gasteiger charge is 2.11. The minimum absolute atomic E-state index is 0.384. The van der Waals surface area contributed by atoms with Crippen LogP contribution in [0.3, 0.4) is 0 Å². The number of aliphatic carboxylic acids is 2. The first kappa shape index (κ1) is 13.0. The van der Waals surface area contributed by atoms with Crippen molar-refractivity contribution in [2.45, 2.75) is 13.3 Å². The van der Waals surface area contributed by atoms with Gasteiger partial charge < -0.3 is 14.9 Å². The number of hydrogen-bond donors (Lipinski definition) is 2. The summed E-state index contributed by atoms with van der Waals surface area (Å²) in [5.41, 5.74) is 0.877. The van der Waals surface area contributed by atoms with E-state index in [4.69, 9.17) is 14.9 Å². The Morgan fingerprint density at radius 1 is 1.24 bits per heavy atom. The molecule has 0 saturated heterocycles. The van der Waals surface area contributed by atoms with Gasteiger partial charge in [-0.15, -0.1) is 0 Å². The van der Waals surface area contributed by atoms with E-state index >= 15 is 0 Å². The largest absolute Gasteiger partial charge is 0.482 e. The quantitative estimate of drug-likeness (QED) is 0.782. The Bertz CT molecular complexity index is 396. The summed E-state index contributed by atoms with van der Waals surface area (Å²) in [5.74, 6) is -1.86. The van der Waals surface area contributed by atoms with E-state index in [1.54, 1.807) is 31.2 Å². The van der Waals surface area contributed by atoms with Crippen molar-refractivity contribution in [2.75, 3.05) is 6.61 Å². The molecule has 0 aliphatic heterocycles. The lowest BCUT2D eigenvalue weighted by Gasteiger charge is -2.07. The smallest absolute Gasteiger partial charge is 0.341 e. The van der Waals surface area contributed by atoms with Crippen LogP contribution in [0.25, 0.3) is 0 Å². The summed E-state index contributed by atoms with van der Waals surface area (Å²) in [5, 5.41) is 17.2. The number of ether oxygens (including phenoxy) is 1. The van der Waals surface area contributed by atoms with Crippen LogP contribution < -0.4 is 4.74 Å². The van der Waals surface area contributed by atoms with Crippen LogP contribution >= 0.6 is 0 Å². The van der Waals surface area contributed by atoms with Crippen LogP contribution in [0.2, 0.25) is 0 Å². The predicted octanol–water partition coefficient (Wildman–Crippen LogP) is 1.41. The van der Waals surface area contributed by atoms with Crippen LogP contribution in [0, 0.1) is 5.92 Å². The molecule has 0 fully saturated rings. The third-order valence-corrected chi connectivity index (χ3v) is 2.25. The summed E-state index contributed by atoms with van der Waals surface area (Å²) < 4.78 is 4.96. The average molecular weight is 238 g/mol. The molecule has 0 aliphatic carbocycles. The molecule has 0 saturated carbocycles. The van der Waals surface area contributed by atoms with Crippen LogP contribution in [0.15, 0.2) is 24.3 Å². The molecule has 5 heteroatoms. The van der Waals surface area contributed by atoms with E-state index in [0.29, 0.717) is 12.2 Å². The first-order valence-corrected chi connectivity index (χ1v) is 5.15. The fourth-order valence-electron chi connectivity index (χ4n) is 1.31. The Hall–Kier alpha value is -2.04. The number of rotatable bonds is 6. The van der Waals surface area contributed by atoms with E-state index in [1.165, 1.54) is 0 Å². The van der Waals surface area contributed by atoms with E-state index in [9.17, 15) is 9.59 Å². The maximum atomic E-state index is 10.7. The second kappa shape index (κ2) is 5.89. The van der Waals surface area contributed by atoms with Gasteiger partial charge in [0.15, 0.2) is 6.61 Å². The fraction of sp³-hybridized carbons (Fsp3) is 0.333. The third kappa shape index (κ3) is 4.55. The molecule has 0 unspecified atom stereocenters. The van der Waals surface area contributed by atoms with Gasteiger partial charge >= 0.3 is 11.9 Å². The Kier molecular flexibility index (Phi) is 4.51. The molecule has 92 valence electrons. The molecule has 0 amide bonds. The molecule has 0 aliphatic rings. The summed E-state index contributed by atoms with van der Waals surface area (Å²) >= 11 is 0. The Morgan fingerprint density at radius 2 is 1.82 bits per heavy atom. The van der Waals surface area contributed by atoms with Gasteiger partial charge in [0.2, 0.25) is 0 Å². The lowest BCUT2D eigenvalue weighted by Crippen LogP contribution is -2.12. The number of hydrogen-bond acceptors (Lipinski definition) is 3. The Morgan fingerprint density at radius 3 is 2.29 bits per heavy atom. The van der Waals surface area contributed by atoms with Crippen molar-refractivity contribution in [1.82, 2.24) is 0 Å². The van der Waals surface area contributed by atoms with Crippen LogP contribution in [0.5, 0.6) is 5.75 Å². The third-order valence-electron chi connectivity index (χ3n) is 2.25. The molecule has 2 N–H and O–H groups in total. The van der Waals surface area contributed by atoms with Gasteiger partial charge in [-0.2, -0.15) is 0 Å². The van der Waals surface area contributed by atoms with Crippen molar-refractivity contribution in [3.05, 3.63) is 29.8 Å². The van der Waals surface area contributed by atoms with Gasteiger partial charge in [0, 0.05) is 0 Å². The highest BCUT2D eigenvalue weighted by molar-refractivity contribution is 5.70. The lowest BCUT2D eigenvalue weighted by molar-refractivity contribution is -0.141. The van der Waals surface area contributed by atoms with E-state index in [0.717, 1.165) is 5.56 Å². The van der Waals surface area contributed by atoms with Gasteiger partial charge in [-0.3, -0.25) is 4.79 Å². The summed E-state index contributed by atoms with van der Waals surface area (Å²) in [6, 6.07) is 6.73. The fourth-order valence-corrected chi connectivity index (χ4v) is 1.31. The molecule has 0 aromatic heterocycles. The van der Waals surface area contributed by atoms with E-state index in [1.807, 2.05) is 0 Å². The van der Waals surface area contributed by atoms with E-state index < -0.39 is 17.9 Å². The maximum Gasteiger partial charge on any atom is 0.341 e. The zero-order valence-corrected chi connectivity index (χ0v) is 9.42. The van der Waals surface area contributed by atoms with Crippen LogP contribution in [0.1, 0.15) is 12.5 Å². The van der Waals surface area contributed by atoms with E-state index in [2.05, 4.69) is 0 Å². The monoisotopic (exact) mass is 238 g/mol. The summed E-state index contributed by atoms with van der Waals surface area (Å²) in [7, 11) is 0. The zero-order chi connectivity index (χ0) is 12.8. The molecular formula is C12H14O5.